The average molecular weight is 493 g/mol. The summed E-state index contributed by atoms with van der Waals surface area (Å²) in [6.45, 7) is 1.94. The van der Waals surface area contributed by atoms with Crippen LogP contribution in [0.3, 0.4) is 0 Å². The smallest absolute Gasteiger partial charge is 0.265 e. The van der Waals surface area contributed by atoms with Crippen LogP contribution in [-0.2, 0) is 16.6 Å². The van der Waals surface area contributed by atoms with Crippen LogP contribution in [-0.4, -0.2) is 24.1 Å². The van der Waals surface area contributed by atoms with E-state index in [1.807, 2.05) is 48.0 Å². The van der Waals surface area contributed by atoms with Crippen LogP contribution in [0.5, 0.6) is 0 Å². The lowest BCUT2D eigenvalue weighted by molar-refractivity contribution is 0.103. The number of sulfonamides is 1. The number of benzene rings is 2. The Labute approximate surface area is 199 Å². The summed E-state index contributed by atoms with van der Waals surface area (Å²) < 4.78 is 34.8. The van der Waals surface area contributed by atoms with E-state index in [0.717, 1.165) is 21.6 Å². The van der Waals surface area contributed by atoms with Gasteiger partial charge >= 0.3 is 0 Å². The highest BCUT2D eigenvalue weighted by molar-refractivity contribution is 7.89. The van der Waals surface area contributed by atoms with Gasteiger partial charge in [0, 0.05) is 11.1 Å². The molecule has 0 fully saturated rings. The van der Waals surface area contributed by atoms with Crippen molar-refractivity contribution >= 4 is 43.2 Å². The molecule has 0 aliphatic heterocycles. The molecule has 1 amide bonds. The molecule has 3 aromatic heterocycles. The molecule has 34 heavy (non-hydrogen) atoms. The minimum atomic E-state index is -3.78. The number of aromatic nitrogens is 2. The number of fused-ring (bicyclic) bond motifs is 1. The monoisotopic (exact) mass is 492 g/mol. The third-order valence-corrected chi connectivity index (χ3v) is 7.70. The third-order valence-electron chi connectivity index (χ3n) is 5.19. The second kappa shape index (κ2) is 8.90. The van der Waals surface area contributed by atoms with Crippen LogP contribution in [0.1, 0.15) is 21.1 Å². The summed E-state index contributed by atoms with van der Waals surface area (Å²) in [7, 11) is -3.78. The number of rotatable bonds is 7. The molecule has 0 aliphatic carbocycles. The van der Waals surface area contributed by atoms with Crippen LogP contribution in [0, 0.1) is 6.92 Å². The van der Waals surface area contributed by atoms with Crippen molar-refractivity contribution in [2.45, 2.75) is 18.4 Å². The van der Waals surface area contributed by atoms with E-state index in [2.05, 4.69) is 15.1 Å². The molecule has 2 N–H and O–H groups in total. The number of aryl methyl sites for hydroxylation is 1. The number of thiophene rings is 1. The Hall–Kier alpha value is -3.73. The second-order valence-electron chi connectivity index (χ2n) is 7.55. The van der Waals surface area contributed by atoms with E-state index in [9.17, 15) is 13.2 Å². The van der Waals surface area contributed by atoms with E-state index in [-0.39, 0.29) is 17.3 Å². The minimum absolute atomic E-state index is 0.0332. The Balaban J connectivity index is 1.36. The number of furan rings is 1. The average Bonchev–Trinajstić information content (AvgIpc) is 3.57. The van der Waals surface area contributed by atoms with Gasteiger partial charge in [-0.2, -0.15) is 5.10 Å². The van der Waals surface area contributed by atoms with E-state index < -0.39 is 10.0 Å². The first-order valence-corrected chi connectivity index (χ1v) is 12.7. The highest BCUT2D eigenvalue weighted by Gasteiger charge is 2.19. The van der Waals surface area contributed by atoms with Gasteiger partial charge in [0.25, 0.3) is 5.91 Å². The molecular formula is C24H20N4O4S2. The topological polar surface area (TPSA) is 106 Å². The van der Waals surface area contributed by atoms with Gasteiger partial charge in [-0.25, -0.2) is 17.8 Å². The van der Waals surface area contributed by atoms with Crippen LogP contribution in [0.4, 0.5) is 5.69 Å². The third kappa shape index (κ3) is 4.38. The molecule has 0 bridgehead atoms. The Kier molecular flexibility index (Phi) is 5.78. The van der Waals surface area contributed by atoms with Crippen LogP contribution in [0.25, 0.3) is 15.9 Å². The summed E-state index contributed by atoms with van der Waals surface area (Å²) in [5.74, 6) is 0.181. The van der Waals surface area contributed by atoms with Gasteiger partial charge in [-0.1, -0.05) is 24.3 Å². The lowest BCUT2D eigenvalue weighted by Crippen LogP contribution is -2.23. The maximum atomic E-state index is 13.0. The van der Waals surface area contributed by atoms with Gasteiger partial charge in [0.05, 0.1) is 34.0 Å². The molecule has 10 heteroatoms. The van der Waals surface area contributed by atoms with Gasteiger partial charge in [-0.05, 0) is 55.5 Å². The fourth-order valence-electron chi connectivity index (χ4n) is 3.50. The minimum Gasteiger partial charge on any atom is -0.468 e. The summed E-state index contributed by atoms with van der Waals surface area (Å²) in [5, 5.41) is 8.30. The SMILES string of the molecule is Cc1nn(-c2ccccc2)c2sc(C(=O)Nc3cccc(S(=O)(=O)NCc4ccco4)c3)cc12. The number of hydrogen-bond acceptors (Lipinski definition) is 6. The Morgan fingerprint density at radius 3 is 2.65 bits per heavy atom. The maximum absolute atomic E-state index is 13.0. The fraction of sp³-hybridized carbons (Fsp3) is 0.0833. The first kappa shape index (κ1) is 22.1. The molecule has 3 heterocycles. The predicted octanol–water partition coefficient (Wildman–Crippen LogP) is 4.72. The van der Waals surface area contributed by atoms with Crippen LogP contribution >= 0.6 is 11.3 Å². The van der Waals surface area contributed by atoms with Crippen molar-refractivity contribution in [3.63, 3.8) is 0 Å². The summed E-state index contributed by atoms with van der Waals surface area (Å²) in [6, 6.07) is 21.0. The number of amides is 1. The van der Waals surface area contributed by atoms with Gasteiger partial charge in [-0.15, -0.1) is 11.3 Å². The van der Waals surface area contributed by atoms with Crippen LogP contribution in [0.2, 0.25) is 0 Å². The highest BCUT2D eigenvalue weighted by atomic mass is 32.2. The van der Waals surface area contributed by atoms with Crippen molar-refractivity contribution in [1.82, 2.24) is 14.5 Å². The largest absolute Gasteiger partial charge is 0.468 e. The molecule has 0 spiro atoms. The van der Waals surface area contributed by atoms with Gasteiger partial charge in [0.15, 0.2) is 0 Å². The molecule has 172 valence electrons. The first-order chi connectivity index (χ1) is 16.4. The van der Waals surface area contributed by atoms with Gasteiger partial charge in [0.2, 0.25) is 10.0 Å². The number of carbonyl (C=O) groups excluding carboxylic acids is 1. The quantitative estimate of drug-likeness (QED) is 0.342. The molecule has 0 unspecified atom stereocenters. The number of nitrogens with one attached hydrogen (secondary N) is 2. The van der Waals surface area contributed by atoms with E-state index in [1.165, 1.54) is 29.7 Å². The van der Waals surface area contributed by atoms with Crippen LogP contribution < -0.4 is 10.0 Å². The maximum Gasteiger partial charge on any atom is 0.265 e. The lowest BCUT2D eigenvalue weighted by atomic mass is 10.3. The standard InChI is InChI=1S/C24H20N4O4S2/c1-16-21-14-22(33-24(21)28(27-16)18-8-3-2-4-9-18)23(29)26-17-7-5-11-20(13-17)34(30,31)25-15-19-10-6-12-32-19/h2-14,25H,15H2,1H3,(H,26,29). The number of hydrogen-bond donors (Lipinski definition) is 2. The normalized spacial score (nSPS) is 11.7. The first-order valence-electron chi connectivity index (χ1n) is 10.4. The molecule has 0 atom stereocenters. The van der Waals surface area contributed by atoms with Crippen molar-refractivity contribution in [3.05, 3.63) is 95.4 Å². The molecule has 0 aliphatic rings. The summed E-state index contributed by atoms with van der Waals surface area (Å²) in [5.41, 5.74) is 2.11. The number of anilines is 1. The Bertz CT molecular complexity index is 1570. The van der Waals surface area contributed by atoms with Gasteiger partial charge in [-0.3, -0.25) is 4.79 Å². The second-order valence-corrected chi connectivity index (χ2v) is 10.3. The van der Waals surface area contributed by atoms with Crippen molar-refractivity contribution < 1.29 is 17.6 Å². The number of para-hydroxylation sites is 1. The van der Waals surface area contributed by atoms with E-state index in [1.54, 1.807) is 24.3 Å². The number of carbonyl (C=O) groups is 1. The van der Waals surface area contributed by atoms with Gasteiger partial charge in [0.1, 0.15) is 10.6 Å². The molecular weight excluding hydrogens is 472 g/mol. The summed E-state index contributed by atoms with van der Waals surface area (Å²) in [6.07, 6.45) is 1.48. The van der Waals surface area contributed by atoms with Crippen molar-refractivity contribution in [2.75, 3.05) is 5.32 Å². The van der Waals surface area contributed by atoms with Crippen molar-refractivity contribution in [2.24, 2.45) is 0 Å². The van der Waals surface area contributed by atoms with Crippen molar-refractivity contribution in [3.8, 4) is 5.69 Å². The Morgan fingerprint density at radius 2 is 1.88 bits per heavy atom. The predicted molar refractivity (Wildman–Crippen MR) is 131 cm³/mol. The van der Waals surface area contributed by atoms with Gasteiger partial charge < -0.3 is 9.73 Å². The molecule has 5 aromatic rings. The summed E-state index contributed by atoms with van der Waals surface area (Å²) in [4.78, 5) is 14.4. The molecule has 2 aromatic carbocycles. The Morgan fingerprint density at radius 1 is 1.06 bits per heavy atom. The summed E-state index contributed by atoms with van der Waals surface area (Å²) >= 11 is 1.33. The molecule has 0 radical (unpaired) electrons. The van der Waals surface area contributed by atoms with E-state index in [0.29, 0.717) is 16.3 Å². The van der Waals surface area contributed by atoms with Crippen molar-refractivity contribution in [1.29, 1.82) is 0 Å². The zero-order chi connectivity index (χ0) is 23.7. The molecule has 0 saturated carbocycles. The highest BCUT2D eigenvalue weighted by Crippen LogP contribution is 2.31. The number of nitrogens with zero attached hydrogens (tertiary/aromatic N) is 2. The zero-order valence-corrected chi connectivity index (χ0v) is 19.7. The van der Waals surface area contributed by atoms with E-state index in [4.69, 9.17) is 4.42 Å². The molecule has 5 rings (SSSR count). The molecule has 0 saturated heterocycles. The zero-order valence-electron chi connectivity index (χ0n) is 18.1. The lowest BCUT2D eigenvalue weighted by Gasteiger charge is -2.08. The van der Waals surface area contributed by atoms with Crippen LogP contribution in [0.15, 0.2) is 88.4 Å². The van der Waals surface area contributed by atoms with E-state index >= 15 is 0 Å². The fourth-order valence-corrected chi connectivity index (χ4v) is 5.62. The molecule has 8 nitrogen and oxygen atoms in total.